The van der Waals surface area contributed by atoms with Crippen molar-refractivity contribution in [3.63, 3.8) is 0 Å². The minimum Gasteiger partial charge on any atom is -0.324 e. The fourth-order valence-corrected chi connectivity index (χ4v) is 3.26. The molecule has 2 aromatic heterocycles. The molecule has 0 saturated carbocycles. The van der Waals surface area contributed by atoms with Gasteiger partial charge in [-0.05, 0) is 43.3 Å². The molecule has 0 atom stereocenters. The molecule has 1 amide bonds. The fourth-order valence-electron chi connectivity index (χ4n) is 3.26. The molecule has 0 spiro atoms. The molecule has 1 N–H and O–H groups in total. The molecule has 152 valence electrons. The Labute approximate surface area is 170 Å². The van der Waals surface area contributed by atoms with Crippen molar-refractivity contribution in [1.82, 2.24) is 14.8 Å². The van der Waals surface area contributed by atoms with Gasteiger partial charge >= 0.3 is 6.18 Å². The minimum absolute atomic E-state index is 0.0178. The van der Waals surface area contributed by atoms with Crippen molar-refractivity contribution in [3.8, 4) is 5.69 Å². The van der Waals surface area contributed by atoms with E-state index < -0.39 is 11.7 Å². The van der Waals surface area contributed by atoms with E-state index in [1.165, 1.54) is 10.7 Å². The van der Waals surface area contributed by atoms with Crippen LogP contribution in [0.5, 0.6) is 0 Å². The van der Waals surface area contributed by atoms with Gasteiger partial charge in [0.2, 0.25) is 5.91 Å². The number of para-hydroxylation sites is 1. The predicted octanol–water partition coefficient (Wildman–Crippen LogP) is 4.93. The van der Waals surface area contributed by atoms with Gasteiger partial charge in [0.1, 0.15) is 0 Å². The molecule has 2 aromatic carbocycles. The zero-order valence-electron chi connectivity index (χ0n) is 15.9. The number of anilines is 1. The van der Waals surface area contributed by atoms with Gasteiger partial charge in [-0.2, -0.15) is 18.3 Å². The Morgan fingerprint density at radius 1 is 1.07 bits per heavy atom. The van der Waals surface area contributed by atoms with Crippen molar-refractivity contribution in [2.75, 3.05) is 5.32 Å². The number of nitrogens with zero attached hydrogens (tertiary/aromatic N) is 3. The third-order valence-electron chi connectivity index (χ3n) is 4.60. The van der Waals surface area contributed by atoms with Crippen LogP contribution in [0, 0.1) is 6.92 Å². The van der Waals surface area contributed by atoms with Crippen LogP contribution in [0.1, 0.15) is 17.0 Å². The van der Waals surface area contributed by atoms with E-state index in [0.29, 0.717) is 22.6 Å². The first-order valence-electron chi connectivity index (χ1n) is 9.18. The van der Waals surface area contributed by atoms with E-state index in [9.17, 15) is 18.0 Å². The average molecular weight is 410 g/mol. The third-order valence-corrected chi connectivity index (χ3v) is 4.60. The number of halogens is 3. The molecule has 0 bridgehead atoms. The van der Waals surface area contributed by atoms with E-state index in [0.717, 1.165) is 17.5 Å². The number of aromatic nitrogens is 3. The van der Waals surface area contributed by atoms with Crippen molar-refractivity contribution in [2.45, 2.75) is 19.5 Å². The van der Waals surface area contributed by atoms with Crippen molar-refractivity contribution in [2.24, 2.45) is 0 Å². The van der Waals surface area contributed by atoms with Crippen LogP contribution >= 0.6 is 0 Å². The van der Waals surface area contributed by atoms with E-state index in [1.54, 1.807) is 31.3 Å². The maximum Gasteiger partial charge on any atom is 0.416 e. The van der Waals surface area contributed by atoms with Crippen molar-refractivity contribution in [3.05, 3.63) is 83.8 Å². The summed E-state index contributed by atoms with van der Waals surface area (Å²) < 4.78 is 40.4. The van der Waals surface area contributed by atoms with Crippen molar-refractivity contribution in [1.29, 1.82) is 0 Å². The van der Waals surface area contributed by atoms with Crippen LogP contribution in [0.2, 0.25) is 0 Å². The summed E-state index contributed by atoms with van der Waals surface area (Å²) in [7, 11) is 0. The normalized spacial score (nSPS) is 11.6. The maximum absolute atomic E-state index is 13.0. The second-order valence-electron chi connectivity index (χ2n) is 6.84. The first-order chi connectivity index (χ1) is 14.3. The quantitative estimate of drug-likeness (QED) is 0.519. The Kier molecular flexibility index (Phi) is 4.99. The molecule has 0 aliphatic heterocycles. The van der Waals surface area contributed by atoms with Gasteiger partial charge in [-0.1, -0.05) is 24.3 Å². The monoisotopic (exact) mass is 410 g/mol. The van der Waals surface area contributed by atoms with Crippen LogP contribution in [-0.2, 0) is 17.4 Å². The SMILES string of the molecule is Cc1cc(CC(=O)Nc2cccc3cccnc23)nn1-c1cccc(C(F)(F)F)c1. The zero-order chi connectivity index (χ0) is 21.3. The molecule has 0 radical (unpaired) electrons. The highest BCUT2D eigenvalue weighted by Crippen LogP contribution is 2.30. The number of carbonyl (C=O) groups excluding carboxylic acids is 1. The molecule has 0 fully saturated rings. The number of carbonyl (C=O) groups is 1. The van der Waals surface area contributed by atoms with Gasteiger partial charge in [-0.3, -0.25) is 9.78 Å². The number of hydrogen-bond donors (Lipinski definition) is 1. The molecule has 2 heterocycles. The molecular weight excluding hydrogens is 393 g/mol. The summed E-state index contributed by atoms with van der Waals surface area (Å²) in [5, 5.41) is 8.05. The maximum atomic E-state index is 13.0. The molecule has 0 unspecified atom stereocenters. The zero-order valence-corrected chi connectivity index (χ0v) is 15.9. The van der Waals surface area contributed by atoms with Crippen LogP contribution in [0.25, 0.3) is 16.6 Å². The molecule has 4 rings (SSSR count). The predicted molar refractivity (Wildman–Crippen MR) is 107 cm³/mol. The second-order valence-corrected chi connectivity index (χ2v) is 6.84. The lowest BCUT2D eigenvalue weighted by Crippen LogP contribution is -2.15. The number of benzene rings is 2. The Morgan fingerprint density at radius 3 is 2.63 bits per heavy atom. The Balaban J connectivity index is 1.55. The summed E-state index contributed by atoms with van der Waals surface area (Å²) in [5.41, 5.74) is 1.88. The van der Waals surface area contributed by atoms with Gasteiger partial charge in [0.25, 0.3) is 0 Å². The largest absolute Gasteiger partial charge is 0.416 e. The van der Waals surface area contributed by atoms with Crippen LogP contribution in [-0.4, -0.2) is 20.7 Å². The summed E-state index contributed by atoms with van der Waals surface area (Å²) in [5.74, 6) is -0.290. The Hall–Kier alpha value is -3.68. The van der Waals surface area contributed by atoms with Crippen LogP contribution < -0.4 is 5.32 Å². The number of pyridine rings is 1. The molecule has 8 heteroatoms. The van der Waals surface area contributed by atoms with Gasteiger partial charge in [0.05, 0.1) is 34.6 Å². The second kappa shape index (κ2) is 7.62. The number of nitrogens with one attached hydrogen (secondary N) is 1. The van der Waals surface area contributed by atoms with E-state index in [1.807, 2.05) is 24.3 Å². The number of fused-ring (bicyclic) bond motifs is 1. The fraction of sp³-hybridized carbons (Fsp3) is 0.136. The van der Waals surface area contributed by atoms with Gasteiger partial charge in [-0.15, -0.1) is 0 Å². The van der Waals surface area contributed by atoms with Gasteiger partial charge < -0.3 is 5.32 Å². The highest BCUT2D eigenvalue weighted by Gasteiger charge is 2.30. The van der Waals surface area contributed by atoms with Crippen molar-refractivity contribution >= 4 is 22.5 Å². The Bertz CT molecular complexity index is 1230. The van der Waals surface area contributed by atoms with E-state index in [-0.39, 0.29) is 18.0 Å². The highest BCUT2D eigenvalue weighted by molar-refractivity contribution is 6.00. The molecule has 0 aliphatic rings. The number of aryl methyl sites for hydroxylation is 1. The van der Waals surface area contributed by atoms with Gasteiger partial charge in [-0.25, -0.2) is 4.68 Å². The standard InChI is InChI=1S/C22H17F3N4O/c1-14-11-17(28-29(14)18-8-3-7-16(12-18)22(23,24)25)13-20(30)27-19-9-2-5-15-6-4-10-26-21(15)19/h2-12H,13H2,1H3,(H,27,30). The lowest BCUT2D eigenvalue weighted by molar-refractivity contribution is -0.137. The van der Waals surface area contributed by atoms with Gasteiger partial charge in [0.15, 0.2) is 0 Å². The summed E-state index contributed by atoms with van der Waals surface area (Å²) in [4.78, 5) is 16.8. The third kappa shape index (κ3) is 4.03. The van der Waals surface area contributed by atoms with Crippen molar-refractivity contribution < 1.29 is 18.0 Å². The molecule has 5 nitrogen and oxygen atoms in total. The summed E-state index contributed by atoms with van der Waals surface area (Å²) in [6.07, 6.45) is -2.81. The van der Waals surface area contributed by atoms with E-state index >= 15 is 0 Å². The summed E-state index contributed by atoms with van der Waals surface area (Å²) in [6, 6.07) is 15.8. The van der Waals surface area contributed by atoms with Gasteiger partial charge in [0, 0.05) is 17.3 Å². The smallest absolute Gasteiger partial charge is 0.324 e. The van der Waals surface area contributed by atoms with E-state index in [4.69, 9.17) is 0 Å². The average Bonchev–Trinajstić information content (AvgIpc) is 3.07. The van der Waals surface area contributed by atoms with Crippen LogP contribution in [0.15, 0.2) is 66.9 Å². The summed E-state index contributed by atoms with van der Waals surface area (Å²) >= 11 is 0. The number of hydrogen-bond acceptors (Lipinski definition) is 3. The molecule has 0 saturated heterocycles. The first kappa shape index (κ1) is 19.6. The van der Waals surface area contributed by atoms with Crippen LogP contribution in [0.3, 0.4) is 0 Å². The van der Waals surface area contributed by atoms with Crippen LogP contribution in [0.4, 0.5) is 18.9 Å². The number of amides is 1. The molecular formula is C22H17F3N4O. The number of rotatable bonds is 4. The molecule has 0 aliphatic carbocycles. The van der Waals surface area contributed by atoms with E-state index in [2.05, 4.69) is 15.4 Å². The summed E-state index contributed by atoms with van der Waals surface area (Å²) in [6.45, 7) is 1.73. The molecule has 30 heavy (non-hydrogen) atoms. The highest BCUT2D eigenvalue weighted by atomic mass is 19.4. The molecule has 4 aromatic rings. The topological polar surface area (TPSA) is 59.8 Å². The Morgan fingerprint density at radius 2 is 1.83 bits per heavy atom. The lowest BCUT2D eigenvalue weighted by Gasteiger charge is -2.10. The number of alkyl halides is 3. The lowest BCUT2D eigenvalue weighted by atomic mass is 10.2. The minimum atomic E-state index is -4.44. The first-order valence-corrected chi connectivity index (χ1v) is 9.18.